The molecule has 1 heterocycles. The highest BCUT2D eigenvalue weighted by atomic mass is 35.5. The lowest BCUT2D eigenvalue weighted by molar-refractivity contribution is 0.0326. The molecule has 0 saturated heterocycles. The minimum Gasteiger partial charge on any atom is -0.389 e. The molecule has 2 N–H and O–H groups in total. The van der Waals surface area contributed by atoms with E-state index in [4.69, 9.17) is 34.8 Å². The smallest absolute Gasteiger partial charge is 0.135 e. The van der Waals surface area contributed by atoms with Crippen molar-refractivity contribution in [2.45, 2.75) is 12.2 Å². The van der Waals surface area contributed by atoms with E-state index >= 15 is 0 Å². The Hall–Kier alpha value is -0.0600. The van der Waals surface area contributed by atoms with Gasteiger partial charge in [0.05, 0.1) is 17.0 Å². The Bertz CT molecular complexity index is 321. The van der Waals surface area contributed by atoms with Crippen molar-refractivity contribution in [1.82, 2.24) is 4.98 Å². The first kappa shape index (κ1) is 12.0. The lowest BCUT2D eigenvalue weighted by Crippen LogP contribution is -2.20. The third-order valence-corrected chi connectivity index (χ3v) is 2.51. The number of pyridine rings is 1. The van der Waals surface area contributed by atoms with Crippen LogP contribution in [0, 0.1) is 0 Å². The highest BCUT2D eigenvalue weighted by Crippen LogP contribution is 2.26. The van der Waals surface area contributed by atoms with Crippen LogP contribution in [0.3, 0.4) is 0 Å². The molecule has 78 valence electrons. The van der Waals surface area contributed by atoms with Gasteiger partial charge in [-0.1, -0.05) is 23.2 Å². The van der Waals surface area contributed by atoms with Crippen LogP contribution in [0.4, 0.5) is 0 Å². The summed E-state index contributed by atoms with van der Waals surface area (Å²) < 4.78 is 0. The molecule has 1 rings (SSSR count). The number of hydrogen-bond acceptors (Lipinski definition) is 3. The van der Waals surface area contributed by atoms with E-state index in [1.165, 1.54) is 12.3 Å². The predicted octanol–water partition coefficient (Wildman–Crippen LogP) is 2.02. The van der Waals surface area contributed by atoms with Crippen molar-refractivity contribution in [1.29, 1.82) is 0 Å². The van der Waals surface area contributed by atoms with Crippen LogP contribution >= 0.6 is 34.8 Å². The van der Waals surface area contributed by atoms with Gasteiger partial charge in [0.1, 0.15) is 11.3 Å². The lowest BCUT2D eigenvalue weighted by atomic mass is 10.1. The van der Waals surface area contributed by atoms with Crippen molar-refractivity contribution in [2.75, 3.05) is 5.88 Å². The first-order valence-corrected chi connectivity index (χ1v) is 5.08. The molecule has 14 heavy (non-hydrogen) atoms. The molecular formula is C8H8Cl3NO2. The van der Waals surface area contributed by atoms with Gasteiger partial charge in [-0.05, 0) is 6.07 Å². The largest absolute Gasteiger partial charge is 0.389 e. The van der Waals surface area contributed by atoms with Crippen LogP contribution in [0.1, 0.15) is 11.7 Å². The summed E-state index contributed by atoms with van der Waals surface area (Å²) in [7, 11) is 0. The van der Waals surface area contributed by atoms with Crippen molar-refractivity contribution in [3.05, 3.63) is 28.0 Å². The van der Waals surface area contributed by atoms with Crippen LogP contribution in [-0.4, -0.2) is 27.2 Å². The lowest BCUT2D eigenvalue weighted by Gasteiger charge is -2.16. The van der Waals surface area contributed by atoms with E-state index in [1.807, 2.05) is 0 Å². The topological polar surface area (TPSA) is 53.4 Å². The Labute approximate surface area is 96.2 Å². The number of hydrogen-bond donors (Lipinski definition) is 2. The molecule has 0 bridgehead atoms. The molecule has 3 nitrogen and oxygen atoms in total. The second kappa shape index (κ2) is 5.14. The van der Waals surface area contributed by atoms with Crippen molar-refractivity contribution in [3.63, 3.8) is 0 Å². The van der Waals surface area contributed by atoms with Gasteiger partial charge in [-0.15, -0.1) is 11.6 Å². The Morgan fingerprint density at radius 3 is 2.57 bits per heavy atom. The van der Waals surface area contributed by atoms with Gasteiger partial charge in [0.2, 0.25) is 0 Å². The highest BCUT2D eigenvalue weighted by molar-refractivity contribution is 6.32. The number of alkyl halides is 1. The minimum absolute atomic E-state index is 0.0932. The number of nitrogens with zero attached hydrogens (tertiary/aromatic N) is 1. The number of aliphatic hydroxyl groups excluding tert-OH is 2. The molecule has 0 spiro atoms. The molecule has 2 atom stereocenters. The van der Waals surface area contributed by atoms with E-state index in [0.29, 0.717) is 5.02 Å². The summed E-state index contributed by atoms with van der Waals surface area (Å²) in [5.41, 5.74) is 0.271. The van der Waals surface area contributed by atoms with Gasteiger partial charge in [-0.25, -0.2) is 4.98 Å². The molecule has 0 aliphatic rings. The van der Waals surface area contributed by atoms with E-state index in [0.717, 1.165) is 0 Å². The number of halogens is 3. The average molecular weight is 257 g/mol. The zero-order valence-corrected chi connectivity index (χ0v) is 9.26. The summed E-state index contributed by atoms with van der Waals surface area (Å²) in [4.78, 5) is 3.74. The number of rotatable bonds is 3. The zero-order valence-electron chi connectivity index (χ0n) is 6.99. The fourth-order valence-corrected chi connectivity index (χ4v) is 1.49. The predicted molar refractivity (Wildman–Crippen MR) is 55.9 cm³/mol. The van der Waals surface area contributed by atoms with Crippen LogP contribution < -0.4 is 0 Å². The highest BCUT2D eigenvalue weighted by Gasteiger charge is 2.20. The van der Waals surface area contributed by atoms with Crippen molar-refractivity contribution >= 4 is 34.8 Å². The average Bonchev–Trinajstić information content (AvgIpc) is 2.19. The summed E-state index contributed by atoms with van der Waals surface area (Å²) in [5.74, 6) is -0.0932. The fourth-order valence-electron chi connectivity index (χ4n) is 0.937. The van der Waals surface area contributed by atoms with Gasteiger partial charge in [0, 0.05) is 11.8 Å². The maximum Gasteiger partial charge on any atom is 0.135 e. The monoisotopic (exact) mass is 255 g/mol. The van der Waals surface area contributed by atoms with Gasteiger partial charge in [-0.2, -0.15) is 0 Å². The quantitative estimate of drug-likeness (QED) is 0.643. The minimum atomic E-state index is -1.17. The fraction of sp³-hybridized carbons (Fsp3) is 0.375. The first-order chi connectivity index (χ1) is 6.56. The normalized spacial score (nSPS) is 15.2. The number of aromatic nitrogens is 1. The molecular weight excluding hydrogens is 248 g/mol. The maximum absolute atomic E-state index is 9.58. The molecule has 0 radical (unpaired) electrons. The van der Waals surface area contributed by atoms with Crippen molar-refractivity contribution in [3.8, 4) is 0 Å². The second-order valence-electron chi connectivity index (χ2n) is 2.70. The van der Waals surface area contributed by atoms with E-state index in [1.54, 1.807) is 0 Å². The molecule has 1 aromatic heterocycles. The van der Waals surface area contributed by atoms with E-state index in [9.17, 15) is 10.2 Å². The van der Waals surface area contributed by atoms with Crippen LogP contribution in [0.2, 0.25) is 10.2 Å². The van der Waals surface area contributed by atoms with Crippen LogP contribution in [0.25, 0.3) is 0 Å². The zero-order chi connectivity index (χ0) is 10.7. The summed E-state index contributed by atoms with van der Waals surface area (Å²) in [6, 6.07) is 1.44. The van der Waals surface area contributed by atoms with Crippen molar-refractivity contribution < 1.29 is 10.2 Å². The third kappa shape index (κ3) is 2.72. The third-order valence-electron chi connectivity index (χ3n) is 1.67. The summed E-state index contributed by atoms with van der Waals surface area (Å²) >= 11 is 16.8. The summed E-state index contributed by atoms with van der Waals surface area (Å²) in [6.07, 6.45) is -0.909. The molecule has 6 heteroatoms. The SMILES string of the molecule is OC(CCl)C(O)c1cc(Cl)cnc1Cl. The Balaban J connectivity index is 2.99. The molecule has 2 unspecified atom stereocenters. The summed E-state index contributed by atoms with van der Waals surface area (Å²) in [6.45, 7) is 0. The maximum atomic E-state index is 9.58. The molecule has 0 aromatic carbocycles. The molecule has 0 saturated carbocycles. The molecule has 0 fully saturated rings. The van der Waals surface area contributed by atoms with E-state index in [2.05, 4.69) is 4.98 Å². The number of aliphatic hydroxyl groups is 2. The van der Waals surface area contributed by atoms with Gasteiger partial charge >= 0.3 is 0 Å². The summed E-state index contributed by atoms with van der Waals surface area (Å²) in [5, 5.41) is 19.3. The van der Waals surface area contributed by atoms with Gasteiger partial charge < -0.3 is 10.2 Å². The molecule has 0 aliphatic carbocycles. The second-order valence-corrected chi connectivity index (χ2v) is 3.80. The van der Waals surface area contributed by atoms with Gasteiger partial charge in [-0.3, -0.25) is 0 Å². The Morgan fingerprint density at radius 1 is 1.36 bits per heavy atom. The Kier molecular flexibility index (Phi) is 4.41. The van der Waals surface area contributed by atoms with Crippen LogP contribution in [0.5, 0.6) is 0 Å². The molecule has 1 aromatic rings. The van der Waals surface area contributed by atoms with E-state index < -0.39 is 12.2 Å². The van der Waals surface area contributed by atoms with Crippen molar-refractivity contribution in [2.24, 2.45) is 0 Å². The van der Waals surface area contributed by atoms with Gasteiger partial charge in [0.25, 0.3) is 0 Å². The molecule has 0 aliphatic heterocycles. The standard InChI is InChI=1S/C8H8Cl3NO2/c9-2-6(13)7(14)5-1-4(10)3-12-8(5)11/h1,3,6-7,13-14H,2H2. The first-order valence-electron chi connectivity index (χ1n) is 3.79. The molecule has 0 amide bonds. The van der Waals surface area contributed by atoms with Crippen LogP contribution in [0.15, 0.2) is 12.3 Å². The van der Waals surface area contributed by atoms with E-state index in [-0.39, 0.29) is 16.6 Å². The Morgan fingerprint density at radius 2 is 2.00 bits per heavy atom. The van der Waals surface area contributed by atoms with Crippen LogP contribution in [-0.2, 0) is 0 Å². The van der Waals surface area contributed by atoms with Gasteiger partial charge in [0.15, 0.2) is 0 Å².